The number of hydrogen-bond acceptors (Lipinski definition) is 4. The topological polar surface area (TPSA) is 66.6 Å². The summed E-state index contributed by atoms with van der Waals surface area (Å²) < 4.78 is 5.23. The number of aryl methyl sites for hydroxylation is 1. The molecule has 1 aliphatic rings. The molecular weight excluding hydrogens is 264 g/mol. The number of carbonyl (C=O) groups is 1. The Balaban J connectivity index is 2.38. The minimum absolute atomic E-state index is 0.312. The lowest BCUT2D eigenvalue weighted by molar-refractivity contribution is -0.114. The second kappa shape index (κ2) is 3.46. The number of aromatic nitrogens is 1. The Kier molecular flexibility index (Phi) is 2.40. The van der Waals surface area contributed by atoms with Crippen molar-refractivity contribution in [3.05, 3.63) is 21.9 Å². The van der Waals surface area contributed by atoms with E-state index in [4.69, 9.17) is 4.52 Å². The molecule has 1 aliphatic heterocycles. The lowest BCUT2D eigenvalue weighted by Crippen LogP contribution is -2.35. The van der Waals surface area contributed by atoms with E-state index in [0.717, 1.165) is 0 Å². The molecule has 1 unspecified atom stereocenters. The van der Waals surface area contributed by atoms with Crippen LogP contribution in [0.2, 0.25) is 0 Å². The molecule has 2 rings (SSSR count). The van der Waals surface area contributed by atoms with Gasteiger partial charge in [0.1, 0.15) is 5.76 Å². The maximum Gasteiger partial charge on any atom is 0.269 e. The van der Waals surface area contributed by atoms with Gasteiger partial charge >= 0.3 is 0 Å². The van der Waals surface area contributed by atoms with Crippen molar-refractivity contribution in [3.63, 3.8) is 0 Å². The molecule has 80 valence electrons. The van der Waals surface area contributed by atoms with Gasteiger partial charge in [0, 0.05) is 6.07 Å². The summed E-state index contributed by atoms with van der Waals surface area (Å²) in [5.41, 5.74) is 0.570. The molecule has 1 amide bonds. The minimum Gasteiger partial charge on any atom is -0.369 e. The molecule has 0 saturated carbocycles. The molecule has 0 fully saturated rings. The zero-order chi connectivity index (χ0) is 11.2. The van der Waals surface area contributed by atoms with Crippen LogP contribution in [0.15, 0.2) is 20.6 Å². The molecule has 1 aromatic heterocycles. The van der Waals surface area contributed by atoms with Crippen molar-refractivity contribution >= 4 is 27.7 Å². The Labute approximate surface area is 94.5 Å². The molecule has 15 heavy (non-hydrogen) atoms. The van der Waals surface area contributed by atoms with Crippen molar-refractivity contribution in [1.29, 1.82) is 0 Å². The summed E-state index contributed by atoms with van der Waals surface area (Å²) in [5, 5.41) is 13.5. The summed E-state index contributed by atoms with van der Waals surface area (Å²) in [4.78, 5) is 12.9. The summed E-state index contributed by atoms with van der Waals surface area (Å²) in [6.07, 6.45) is -0.976. The monoisotopic (exact) mass is 272 g/mol. The number of anilines is 1. The third-order valence-electron chi connectivity index (χ3n) is 2.25. The molecule has 1 atom stereocenters. The number of rotatable bonds is 1. The van der Waals surface area contributed by atoms with Gasteiger partial charge in [0.05, 0.1) is 4.48 Å². The maximum atomic E-state index is 11.7. The number of hydrogen-bond donors (Lipinski definition) is 1. The van der Waals surface area contributed by atoms with Crippen molar-refractivity contribution in [2.45, 2.75) is 20.1 Å². The van der Waals surface area contributed by atoms with Gasteiger partial charge in [-0.3, -0.25) is 9.69 Å². The Morgan fingerprint density at radius 1 is 1.60 bits per heavy atom. The fraction of sp³-hybridized carbons (Fsp3) is 0.333. The van der Waals surface area contributed by atoms with Crippen LogP contribution < -0.4 is 4.90 Å². The van der Waals surface area contributed by atoms with Crippen LogP contribution in [0.5, 0.6) is 0 Å². The molecular formula is C9H9BrN2O3. The van der Waals surface area contributed by atoms with E-state index in [1.165, 1.54) is 4.90 Å². The van der Waals surface area contributed by atoms with Crippen LogP contribution in [0.3, 0.4) is 0 Å². The van der Waals surface area contributed by atoms with Crippen LogP contribution in [0.4, 0.5) is 5.82 Å². The molecule has 5 nitrogen and oxygen atoms in total. The Bertz CT molecular complexity index is 452. The highest BCUT2D eigenvalue weighted by Gasteiger charge is 2.37. The van der Waals surface area contributed by atoms with Crippen LogP contribution in [0.1, 0.15) is 12.7 Å². The first-order valence-corrected chi connectivity index (χ1v) is 5.13. The summed E-state index contributed by atoms with van der Waals surface area (Å²) >= 11 is 3.12. The van der Waals surface area contributed by atoms with Gasteiger partial charge in [-0.25, -0.2) is 0 Å². The highest BCUT2D eigenvalue weighted by molar-refractivity contribution is 9.12. The first-order valence-electron chi connectivity index (χ1n) is 4.33. The predicted octanol–water partition coefficient (Wildman–Crippen LogP) is 1.32. The van der Waals surface area contributed by atoms with Gasteiger partial charge in [-0.2, -0.15) is 0 Å². The zero-order valence-electron chi connectivity index (χ0n) is 8.19. The number of nitrogens with zero attached hydrogens (tertiary/aromatic N) is 2. The normalized spacial score (nSPS) is 21.7. The lowest BCUT2D eigenvalue weighted by Gasteiger charge is -2.17. The summed E-state index contributed by atoms with van der Waals surface area (Å²) in [5.74, 6) is 0.595. The van der Waals surface area contributed by atoms with Crippen LogP contribution in [0, 0.1) is 6.92 Å². The molecule has 2 heterocycles. The summed E-state index contributed by atoms with van der Waals surface area (Å²) in [7, 11) is 0. The fourth-order valence-corrected chi connectivity index (χ4v) is 1.78. The quantitative estimate of drug-likeness (QED) is 0.837. The molecule has 0 spiro atoms. The number of aliphatic hydroxyl groups is 1. The average molecular weight is 273 g/mol. The smallest absolute Gasteiger partial charge is 0.269 e. The van der Waals surface area contributed by atoms with E-state index >= 15 is 0 Å². The molecule has 0 aliphatic carbocycles. The molecule has 0 saturated heterocycles. The molecule has 0 bridgehead atoms. The van der Waals surface area contributed by atoms with E-state index in [1.807, 2.05) is 0 Å². The Morgan fingerprint density at radius 3 is 2.67 bits per heavy atom. The van der Waals surface area contributed by atoms with Gasteiger partial charge in [0.2, 0.25) is 0 Å². The van der Waals surface area contributed by atoms with E-state index in [0.29, 0.717) is 21.6 Å². The fourth-order valence-electron chi connectivity index (χ4n) is 1.39. The Morgan fingerprint density at radius 2 is 2.27 bits per heavy atom. The summed E-state index contributed by atoms with van der Waals surface area (Å²) in [6.45, 7) is 3.40. The van der Waals surface area contributed by atoms with Crippen LogP contribution in [-0.4, -0.2) is 22.4 Å². The lowest BCUT2D eigenvalue weighted by atomic mass is 10.3. The van der Waals surface area contributed by atoms with E-state index in [9.17, 15) is 9.90 Å². The first-order chi connectivity index (χ1) is 7.02. The predicted molar refractivity (Wildman–Crippen MR) is 56.4 cm³/mol. The van der Waals surface area contributed by atoms with Gasteiger partial charge < -0.3 is 9.63 Å². The van der Waals surface area contributed by atoms with Gasteiger partial charge in [-0.1, -0.05) is 5.16 Å². The van der Waals surface area contributed by atoms with E-state index < -0.39 is 6.23 Å². The van der Waals surface area contributed by atoms with E-state index in [-0.39, 0.29) is 5.91 Å². The first kappa shape index (κ1) is 10.4. The second-order valence-corrected chi connectivity index (χ2v) is 4.13. The van der Waals surface area contributed by atoms with Gasteiger partial charge in [0.15, 0.2) is 12.0 Å². The van der Waals surface area contributed by atoms with Gasteiger partial charge in [0.25, 0.3) is 5.91 Å². The van der Waals surface area contributed by atoms with Crippen LogP contribution in [0.25, 0.3) is 0 Å². The largest absolute Gasteiger partial charge is 0.369 e. The third-order valence-corrected chi connectivity index (χ3v) is 3.21. The maximum absolute atomic E-state index is 11.7. The zero-order valence-corrected chi connectivity index (χ0v) is 9.78. The standard InChI is InChI=1S/C9H9BrN2O3/c1-4-3-6(11-15-4)12-8(13)5(2)7(10)9(12)14/h3,8,13H,1-2H3. The number of carbonyl (C=O) groups excluding carboxylic acids is 1. The van der Waals surface area contributed by atoms with Crippen LogP contribution >= 0.6 is 15.9 Å². The van der Waals surface area contributed by atoms with Gasteiger partial charge in [-0.15, -0.1) is 0 Å². The highest BCUT2D eigenvalue weighted by atomic mass is 79.9. The van der Waals surface area contributed by atoms with Crippen molar-refractivity contribution in [3.8, 4) is 0 Å². The third kappa shape index (κ3) is 1.49. The van der Waals surface area contributed by atoms with E-state index in [1.54, 1.807) is 19.9 Å². The SMILES string of the molecule is CC1=C(Br)C(=O)N(c2cc(C)on2)C1O. The number of halogens is 1. The van der Waals surface area contributed by atoms with Crippen molar-refractivity contribution in [1.82, 2.24) is 5.16 Å². The second-order valence-electron chi connectivity index (χ2n) is 3.34. The van der Waals surface area contributed by atoms with Gasteiger partial charge in [-0.05, 0) is 35.4 Å². The minimum atomic E-state index is -0.976. The highest BCUT2D eigenvalue weighted by Crippen LogP contribution is 2.31. The van der Waals surface area contributed by atoms with Crippen LogP contribution in [-0.2, 0) is 4.79 Å². The molecule has 1 N–H and O–H groups in total. The van der Waals surface area contributed by atoms with Crippen molar-refractivity contribution in [2.24, 2.45) is 0 Å². The van der Waals surface area contributed by atoms with Crippen molar-refractivity contribution in [2.75, 3.05) is 4.90 Å². The molecule has 0 radical (unpaired) electrons. The average Bonchev–Trinajstić information content (AvgIpc) is 2.68. The van der Waals surface area contributed by atoms with E-state index in [2.05, 4.69) is 21.1 Å². The molecule has 0 aromatic carbocycles. The summed E-state index contributed by atoms with van der Waals surface area (Å²) in [6, 6.07) is 1.60. The molecule has 1 aromatic rings. The number of amides is 1. The number of aliphatic hydroxyl groups excluding tert-OH is 1. The molecule has 6 heteroatoms. The Hall–Kier alpha value is -1.14. The van der Waals surface area contributed by atoms with Crippen molar-refractivity contribution < 1.29 is 14.4 Å².